The Balaban J connectivity index is 1.51. The van der Waals surface area contributed by atoms with E-state index in [1.807, 2.05) is 50.2 Å². The molecule has 7 heteroatoms. The Morgan fingerprint density at radius 1 is 1.00 bits per heavy atom. The maximum absolute atomic E-state index is 12.4. The van der Waals surface area contributed by atoms with Crippen molar-refractivity contribution in [1.29, 1.82) is 0 Å². The number of carbonyl (C=O) groups is 2. The van der Waals surface area contributed by atoms with E-state index in [0.29, 0.717) is 30.5 Å². The maximum atomic E-state index is 12.4. The fraction of sp³-hybridized carbons (Fsp3) is 0.364. The predicted molar refractivity (Wildman–Crippen MR) is 108 cm³/mol. The van der Waals surface area contributed by atoms with Crippen LogP contribution in [0.3, 0.4) is 0 Å². The number of nitrogens with one attached hydrogen (secondary N) is 2. The van der Waals surface area contributed by atoms with Gasteiger partial charge in [-0.05, 0) is 35.7 Å². The van der Waals surface area contributed by atoms with Crippen molar-refractivity contribution in [1.82, 2.24) is 10.6 Å². The summed E-state index contributed by atoms with van der Waals surface area (Å²) in [6, 6.07) is 14.5. The number of fused-ring (bicyclic) bond motifs is 1. The van der Waals surface area contributed by atoms with Crippen molar-refractivity contribution in [3.63, 3.8) is 0 Å². The quantitative estimate of drug-likeness (QED) is 0.714. The first-order valence-electron chi connectivity index (χ1n) is 9.66. The Labute approximate surface area is 170 Å². The summed E-state index contributed by atoms with van der Waals surface area (Å²) in [5.74, 6) is 1.51. The lowest BCUT2D eigenvalue weighted by Crippen LogP contribution is -2.41. The fourth-order valence-electron chi connectivity index (χ4n) is 3.01. The van der Waals surface area contributed by atoms with Crippen LogP contribution in [-0.4, -0.2) is 38.2 Å². The van der Waals surface area contributed by atoms with Crippen LogP contribution in [0.25, 0.3) is 0 Å². The lowest BCUT2D eigenvalue weighted by atomic mass is 9.95. The van der Waals surface area contributed by atoms with Crippen molar-refractivity contribution < 1.29 is 23.8 Å². The van der Waals surface area contributed by atoms with Gasteiger partial charge in [0.25, 0.3) is 5.91 Å². The number of rotatable bonds is 8. The summed E-state index contributed by atoms with van der Waals surface area (Å²) < 4.78 is 16.6. The highest BCUT2D eigenvalue weighted by molar-refractivity contribution is 5.85. The third kappa shape index (κ3) is 5.88. The second-order valence-corrected chi connectivity index (χ2v) is 7.07. The van der Waals surface area contributed by atoms with E-state index >= 15 is 0 Å². The van der Waals surface area contributed by atoms with Crippen molar-refractivity contribution in [2.24, 2.45) is 5.92 Å². The topological polar surface area (TPSA) is 85.9 Å². The standard InChI is InChI=1S/C22H26N2O5/c1-15(2)22(16-8-9-18-19(12-16)28-11-10-27-18)24-20(25)13-23-21(26)14-29-17-6-4-3-5-7-17/h3-9,12,15,22H,10-11,13-14H2,1-2H3,(H,23,26)(H,24,25)/t22-/m1/s1. The summed E-state index contributed by atoms with van der Waals surface area (Å²) in [6.07, 6.45) is 0. The Kier molecular flexibility index (Phi) is 6.94. The van der Waals surface area contributed by atoms with E-state index in [1.54, 1.807) is 12.1 Å². The smallest absolute Gasteiger partial charge is 0.258 e. The molecule has 2 aromatic carbocycles. The summed E-state index contributed by atoms with van der Waals surface area (Å²) in [7, 11) is 0. The highest BCUT2D eigenvalue weighted by Gasteiger charge is 2.21. The van der Waals surface area contributed by atoms with Crippen LogP contribution in [0.1, 0.15) is 25.5 Å². The minimum Gasteiger partial charge on any atom is -0.486 e. The molecule has 0 saturated carbocycles. The van der Waals surface area contributed by atoms with Gasteiger partial charge in [0, 0.05) is 0 Å². The van der Waals surface area contributed by atoms with Gasteiger partial charge in [-0.3, -0.25) is 9.59 Å². The van der Waals surface area contributed by atoms with Gasteiger partial charge in [0.05, 0.1) is 12.6 Å². The first-order chi connectivity index (χ1) is 14.0. The van der Waals surface area contributed by atoms with Crippen LogP contribution in [0.15, 0.2) is 48.5 Å². The molecule has 3 rings (SSSR count). The summed E-state index contributed by atoms with van der Waals surface area (Å²) >= 11 is 0. The van der Waals surface area contributed by atoms with Gasteiger partial charge in [0.15, 0.2) is 18.1 Å². The Bertz CT molecular complexity index is 838. The van der Waals surface area contributed by atoms with Crippen molar-refractivity contribution in [3.8, 4) is 17.2 Å². The van der Waals surface area contributed by atoms with Crippen molar-refractivity contribution in [3.05, 3.63) is 54.1 Å². The molecule has 1 atom stereocenters. The van der Waals surface area contributed by atoms with Crippen LogP contribution in [0.5, 0.6) is 17.2 Å². The third-order valence-electron chi connectivity index (χ3n) is 4.47. The second-order valence-electron chi connectivity index (χ2n) is 7.07. The molecule has 29 heavy (non-hydrogen) atoms. The molecule has 0 aromatic heterocycles. The summed E-state index contributed by atoms with van der Waals surface area (Å²) in [5.41, 5.74) is 0.927. The van der Waals surface area contributed by atoms with Crippen molar-refractivity contribution in [2.75, 3.05) is 26.4 Å². The molecule has 0 unspecified atom stereocenters. The van der Waals surface area contributed by atoms with Crippen molar-refractivity contribution in [2.45, 2.75) is 19.9 Å². The first-order valence-corrected chi connectivity index (χ1v) is 9.66. The van der Waals surface area contributed by atoms with E-state index in [1.165, 1.54) is 0 Å². The SMILES string of the molecule is CC(C)[C@@H](NC(=O)CNC(=O)COc1ccccc1)c1ccc2c(c1)OCCO2. The summed E-state index contributed by atoms with van der Waals surface area (Å²) in [4.78, 5) is 24.3. The number of ether oxygens (including phenoxy) is 3. The number of hydrogen-bond donors (Lipinski definition) is 2. The van der Waals surface area contributed by atoms with Gasteiger partial charge >= 0.3 is 0 Å². The lowest BCUT2D eigenvalue weighted by Gasteiger charge is -2.25. The van der Waals surface area contributed by atoms with E-state index in [2.05, 4.69) is 10.6 Å². The van der Waals surface area contributed by atoms with Gasteiger partial charge in [-0.25, -0.2) is 0 Å². The molecule has 0 fully saturated rings. The molecular weight excluding hydrogens is 372 g/mol. The fourth-order valence-corrected chi connectivity index (χ4v) is 3.01. The van der Waals surface area contributed by atoms with E-state index in [-0.39, 0.29) is 36.9 Å². The number of benzene rings is 2. The highest BCUT2D eigenvalue weighted by Crippen LogP contribution is 2.34. The van der Waals surface area contributed by atoms with E-state index in [9.17, 15) is 9.59 Å². The van der Waals surface area contributed by atoms with E-state index in [0.717, 1.165) is 5.56 Å². The number of para-hydroxylation sites is 1. The molecule has 0 bridgehead atoms. The van der Waals surface area contributed by atoms with Crippen molar-refractivity contribution >= 4 is 11.8 Å². The highest BCUT2D eigenvalue weighted by atomic mass is 16.6. The molecule has 7 nitrogen and oxygen atoms in total. The van der Waals surface area contributed by atoms with Gasteiger partial charge in [0.2, 0.25) is 5.91 Å². The van der Waals surface area contributed by atoms with Crippen LogP contribution in [-0.2, 0) is 9.59 Å². The van der Waals surface area contributed by atoms with Crippen LogP contribution in [0, 0.1) is 5.92 Å². The third-order valence-corrected chi connectivity index (χ3v) is 4.47. The molecule has 0 radical (unpaired) electrons. The minimum atomic E-state index is -0.357. The molecule has 2 aromatic rings. The summed E-state index contributed by atoms with van der Waals surface area (Å²) in [5, 5.41) is 5.56. The molecule has 1 aliphatic rings. The van der Waals surface area contributed by atoms with Crippen LogP contribution >= 0.6 is 0 Å². The molecule has 0 saturated heterocycles. The molecule has 2 N–H and O–H groups in total. The molecule has 0 spiro atoms. The van der Waals surface area contributed by atoms with E-state index < -0.39 is 0 Å². The van der Waals surface area contributed by atoms with Crippen LogP contribution in [0.2, 0.25) is 0 Å². The zero-order chi connectivity index (χ0) is 20.6. The Hall–Kier alpha value is -3.22. The second kappa shape index (κ2) is 9.82. The predicted octanol–water partition coefficient (Wildman–Crippen LogP) is 2.47. The number of amides is 2. The normalized spacial score (nSPS) is 13.5. The van der Waals surface area contributed by atoms with E-state index in [4.69, 9.17) is 14.2 Å². The Morgan fingerprint density at radius 3 is 2.45 bits per heavy atom. The first kappa shape index (κ1) is 20.5. The molecular formula is C22H26N2O5. The van der Waals surface area contributed by atoms with Crippen LogP contribution in [0.4, 0.5) is 0 Å². The lowest BCUT2D eigenvalue weighted by molar-refractivity contribution is -0.127. The number of carbonyl (C=O) groups excluding carboxylic acids is 2. The maximum Gasteiger partial charge on any atom is 0.258 e. The van der Waals surface area contributed by atoms with Crippen LogP contribution < -0.4 is 24.8 Å². The molecule has 154 valence electrons. The zero-order valence-corrected chi connectivity index (χ0v) is 16.6. The average Bonchev–Trinajstić information content (AvgIpc) is 2.74. The molecule has 2 amide bonds. The minimum absolute atomic E-state index is 0.120. The monoisotopic (exact) mass is 398 g/mol. The van der Waals surface area contributed by atoms with Gasteiger partial charge in [0.1, 0.15) is 19.0 Å². The molecule has 0 aliphatic carbocycles. The van der Waals surface area contributed by atoms with Gasteiger partial charge < -0.3 is 24.8 Å². The van der Waals surface area contributed by atoms with Gasteiger partial charge in [-0.15, -0.1) is 0 Å². The average molecular weight is 398 g/mol. The molecule has 1 aliphatic heterocycles. The van der Waals surface area contributed by atoms with Gasteiger partial charge in [-0.2, -0.15) is 0 Å². The number of hydrogen-bond acceptors (Lipinski definition) is 5. The van der Waals surface area contributed by atoms with Gasteiger partial charge in [-0.1, -0.05) is 38.1 Å². The zero-order valence-electron chi connectivity index (χ0n) is 16.6. The Morgan fingerprint density at radius 2 is 1.72 bits per heavy atom. The molecule has 1 heterocycles. The summed E-state index contributed by atoms with van der Waals surface area (Å²) in [6.45, 7) is 4.82. The largest absolute Gasteiger partial charge is 0.486 e.